The average molecular weight is 372 g/mol. The lowest BCUT2D eigenvalue weighted by atomic mass is 10.1. The molecule has 0 aliphatic rings. The first-order valence-electron chi connectivity index (χ1n) is 7.57. The number of rotatable bonds is 3. The summed E-state index contributed by atoms with van der Waals surface area (Å²) in [6.45, 7) is 1.86. The van der Waals surface area contributed by atoms with Crippen molar-refractivity contribution in [2.45, 2.75) is 11.8 Å². The summed E-state index contributed by atoms with van der Waals surface area (Å²) < 4.78 is 31.8. The number of nitrogens with two attached hydrogens (primary N) is 1. The summed E-state index contributed by atoms with van der Waals surface area (Å²) in [4.78, 5) is 12.0. The molecule has 0 unspecified atom stereocenters. The van der Waals surface area contributed by atoms with Gasteiger partial charge in [-0.2, -0.15) is 8.42 Å². The van der Waals surface area contributed by atoms with E-state index >= 15 is 0 Å². The minimum absolute atomic E-state index is 0.296. The summed E-state index contributed by atoms with van der Waals surface area (Å²) in [5, 5.41) is 13.3. The van der Waals surface area contributed by atoms with Crippen molar-refractivity contribution >= 4 is 38.2 Å². The molecule has 0 radical (unpaired) electrons. The van der Waals surface area contributed by atoms with Crippen LogP contribution in [0.3, 0.4) is 0 Å². The smallest absolute Gasteiger partial charge is 0.294 e. The number of carbonyl (C=O) groups excluding carboxylic acids is 1. The minimum Gasteiger partial charge on any atom is -0.507 e. The highest BCUT2D eigenvalue weighted by molar-refractivity contribution is 7.85. The van der Waals surface area contributed by atoms with Gasteiger partial charge >= 0.3 is 0 Å². The number of nitrogens with one attached hydrogen (secondary N) is 1. The summed E-state index contributed by atoms with van der Waals surface area (Å²) in [5.41, 5.74) is 7.83. The van der Waals surface area contributed by atoms with Gasteiger partial charge in [0.25, 0.3) is 16.0 Å². The van der Waals surface area contributed by atoms with E-state index in [1.807, 2.05) is 6.92 Å². The lowest BCUT2D eigenvalue weighted by Crippen LogP contribution is -2.14. The Morgan fingerprint density at radius 2 is 1.81 bits per heavy atom. The van der Waals surface area contributed by atoms with Crippen LogP contribution in [0.15, 0.2) is 53.4 Å². The van der Waals surface area contributed by atoms with Gasteiger partial charge in [-0.1, -0.05) is 6.07 Å². The van der Waals surface area contributed by atoms with Crippen LogP contribution in [0.4, 0.5) is 11.4 Å². The number of aryl methyl sites for hydroxylation is 1. The Morgan fingerprint density at radius 1 is 1.08 bits per heavy atom. The number of amides is 1. The molecule has 0 aromatic heterocycles. The highest BCUT2D eigenvalue weighted by Gasteiger charge is 2.15. The van der Waals surface area contributed by atoms with Gasteiger partial charge in [-0.05, 0) is 54.3 Å². The van der Waals surface area contributed by atoms with Crippen LogP contribution in [-0.4, -0.2) is 24.0 Å². The number of benzene rings is 3. The molecule has 5 N–H and O–H groups in total. The van der Waals surface area contributed by atoms with Gasteiger partial charge in [-0.3, -0.25) is 9.35 Å². The first-order valence-corrected chi connectivity index (χ1v) is 9.01. The monoisotopic (exact) mass is 372 g/mol. The van der Waals surface area contributed by atoms with Crippen molar-refractivity contribution in [3.63, 3.8) is 0 Å². The number of hydrogen-bond acceptors (Lipinski definition) is 5. The SMILES string of the molecule is Cc1ccc(C(=O)Nc2ccc3c(O)cc(S(=O)(=O)O)cc3c2)c(N)c1. The van der Waals surface area contributed by atoms with E-state index in [2.05, 4.69) is 5.32 Å². The molecule has 7 nitrogen and oxygen atoms in total. The maximum absolute atomic E-state index is 12.4. The number of nitrogen functional groups attached to an aromatic ring is 1. The average Bonchev–Trinajstić information content (AvgIpc) is 2.53. The molecule has 3 aromatic carbocycles. The van der Waals surface area contributed by atoms with Gasteiger partial charge in [0.05, 0.1) is 10.5 Å². The van der Waals surface area contributed by atoms with E-state index < -0.39 is 20.9 Å². The molecule has 0 saturated carbocycles. The molecule has 1 amide bonds. The fourth-order valence-electron chi connectivity index (χ4n) is 2.64. The number of anilines is 2. The summed E-state index contributed by atoms with van der Waals surface area (Å²) in [5.74, 6) is -0.715. The molecule has 0 spiro atoms. The third-order valence-electron chi connectivity index (χ3n) is 3.91. The topological polar surface area (TPSA) is 130 Å². The van der Waals surface area contributed by atoms with Crippen LogP contribution >= 0.6 is 0 Å². The fraction of sp³-hybridized carbons (Fsp3) is 0.0556. The number of hydrogen-bond donors (Lipinski definition) is 4. The summed E-state index contributed by atoms with van der Waals surface area (Å²) in [6.07, 6.45) is 0. The van der Waals surface area contributed by atoms with Crippen LogP contribution in [-0.2, 0) is 10.1 Å². The third kappa shape index (κ3) is 3.46. The largest absolute Gasteiger partial charge is 0.507 e. The molecule has 134 valence electrons. The Bertz CT molecular complexity index is 1140. The standard InChI is InChI=1S/C18H16N2O5S/c1-10-2-4-15(16(19)6-10)18(22)20-12-3-5-14-11(7-12)8-13(9-17(14)21)26(23,24)25/h2-9,21H,19H2,1H3,(H,20,22)(H,23,24,25). The van der Waals surface area contributed by atoms with Crippen molar-refractivity contribution in [2.75, 3.05) is 11.1 Å². The first kappa shape index (κ1) is 17.7. The second-order valence-electron chi connectivity index (χ2n) is 5.90. The van der Waals surface area contributed by atoms with E-state index in [0.717, 1.165) is 11.6 Å². The number of phenols is 1. The van der Waals surface area contributed by atoms with Crippen molar-refractivity contribution in [2.24, 2.45) is 0 Å². The van der Waals surface area contributed by atoms with Crippen LogP contribution in [0.25, 0.3) is 10.8 Å². The number of fused-ring (bicyclic) bond motifs is 1. The van der Waals surface area contributed by atoms with Gasteiger partial charge in [0.15, 0.2) is 0 Å². The first-order chi connectivity index (χ1) is 12.1. The summed E-state index contributed by atoms with van der Waals surface area (Å²) in [7, 11) is -4.47. The Morgan fingerprint density at radius 3 is 2.46 bits per heavy atom. The Kier molecular flexibility index (Phi) is 4.31. The third-order valence-corrected chi connectivity index (χ3v) is 4.74. The van der Waals surface area contributed by atoms with Gasteiger partial charge < -0.3 is 16.2 Å². The van der Waals surface area contributed by atoms with E-state index in [-0.39, 0.29) is 5.75 Å². The molecule has 3 rings (SSSR count). The Balaban J connectivity index is 1.99. The second-order valence-corrected chi connectivity index (χ2v) is 7.32. The Hall–Kier alpha value is -3.10. The zero-order chi connectivity index (χ0) is 19.1. The van der Waals surface area contributed by atoms with Crippen molar-refractivity contribution in [1.29, 1.82) is 0 Å². The van der Waals surface area contributed by atoms with E-state index in [1.54, 1.807) is 24.3 Å². The molecule has 0 saturated heterocycles. The lowest BCUT2D eigenvalue weighted by Gasteiger charge is -2.10. The molecule has 0 fully saturated rings. The van der Waals surface area contributed by atoms with Crippen LogP contribution in [0, 0.1) is 6.92 Å². The molecule has 0 bridgehead atoms. The van der Waals surface area contributed by atoms with E-state index in [0.29, 0.717) is 27.7 Å². The summed E-state index contributed by atoms with van der Waals surface area (Å²) in [6, 6.07) is 11.8. The van der Waals surface area contributed by atoms with E-state index in [4.69, 9.17) is 10.3 Å². The number of aromatic hydroxyl groups is 1. The van der Waals surface area contributed by atoms with Crippen LogP contribution in [0.5, 0.6) is 5.75 Å². The molecule has 0 heterocycles. The molecule has 8 heteroatoms. The van der Waals surface area contributed by atoms with Crippen LogP contribution in [0.1, 0.15) is 15.9 Å². The minimum atomic E-state index is -4.47. The van der Waals surface area contributed by atoms with Crippen molar-refractivity contribution < 1.29 is 22.9 Å². The fourth-order valence-corrected chi connectivity index (χ4v) is 3.17. The predicted octanol–water partition coefficient (Wildman–Crippen LogP) is 2.94. The molecule has 0 aliphatic heterocycles. The number of carbonyl (C=O) groups is 1. The van der Waals surface area contributed by atoms with Crippen molar-refractivity contribution in [1.82, 2.24) is 0 Å². The van der Waals surface area contributed by atoms with Gasteiger partial charge in [0, 0.05) is 22.8 Å². The van der Waals surface area contributed by atoms with Crippen LogP contribution < -0.4 is 11.1 Å². The molecule has 0 atom stereocenters. The van der Waals surface area contributed by atoms with E-state index in [9.17, 15) is 18.3 Å². The number of phenolic OH excluding ortho intramolecular Hbond substituents is 1. The van der Waals surface area contributed by atoms with Crippen molar-refractivity contribution in [3.05, 3.63) is 59.7 Å². The quantitative estimate of drug-likeness (QED) is 0.413. The normalized spacial score (nSPS) is 11.5. The van der Waals surface area contributed by atoms with Gasteiger partial charge in [-0.15, -0.1) is 0 Å². The van der Waals surface area contributed by atoms with Gasteiger partial charge in [-0.25, -0.2) is 0 Å². The summed E-state index contributed by atoms with van der Waals surface area (Å²) >= 11 is 0. The lowest BCUT2D eigenvalue weighted by molar-refractivity contribution is 0.102. The highest BCUT2D eigenvalue weighted by Crippen LogP contribution is 2.31. The Labute approximate surface area is 149 Å². The molecule has 26 heavy (non-hydrogen) atoms. The van der Waals surface area contributed by atoms with Gasteiger partial charge in [0.2, 0.25) is 0 Å². The molecule has 3 aromatic rings. The zero-order valence-corrected chi connectivity index (χ0v) is 14.5. The predicted molar refractivity (Wildman–Crippen MR) is 99.0 cm³/mol. The van der Waals surface area contributed by atoms with Gasteiger partial charge in [0.1, 0.15) is 5.75 Å². The molecular formula is C18H16N2O5S. The highest BCUT2D eigenvalue weighted by atomic mass is 32.2. The second kappa shape index (κ2) is 6.32. The molecule has 0 aliphatic carbocycles. The zero-order valence-electron chi connectivity index (χ0n) is 13.7. The maximum atomic E-state index is 12.4. The van der Waals surface area contributed by atoms with Crippen LogP contribution in [0.2, 0.25) is 0 Å². The maximum Gasteiger partial charge on any atom is 0.294 e. The van der Waals surface area contributed by atoms with E-state index in [1.165, 1.54) is 18.2 Å². The molecular weight excluding hydrogens is 356 g/mol. The van der Waals surface area contributed by atoms with Crippen molar-refractivity contribution in [3.8, 4) is 5.75 Å².